The largest absolute Gasteiger partial charge is 0.333 e. The van der Waals surface area contributed by atoms with E-state index in [4.69, 9.17) is 0 Å². The summed E-state index contributed by atoms with van der Waals surface area (Å²) in [6.45, 7) is -0.659. The predicted octanol–water partition coefficient (Wildman–Crippen LogP) is 2.74. The number of alkyl halides is 2. The second-order valence-electron chi connectivity index (χ2n) is 2.95. The van der Waals surface area contributed by atoms with E-state index in [0.29, 0.717) is 10.2 Å². The lowest BCUT2D eigenvalue weighted by atomic mass is 10.2. The zero-order valence-corrected chi connectivity index (χ0v) is 7.04. The first-order valence-electron chi connectivity index (χ1n) is 3.90. The molecule has 2 rings (SSSR count). The molecule has 0 saturated carbocycles. The number of benzene rings is 1. The fraction of sp³-hybridized carbons (Fsp3) is 0.222. The maximum absolute atomic E-state index is 12.2. The summed E-state index contributed by atoms with van der Waals surface area (Å²) in [6.07, 6.45) is 1.35. The third-order valence-corrected chi connectivity index (χ3v) is 1.88. The van der Waals surface area contributed by atoms with Gasteiger partial charge in [0.25, 0.3) is 0 Å². The van der Waals surface area contributed by atoms with Crippen molar-refractivity contribution in [3.05, 3.63) is 30.0 Å². The summed E-state index contributed by atoms with van der Waals surface area (Å²) < 4.78 is 25.1. The highest BCUT2D eigenvalue weighted by Gasteiger charge is 2.07. The minimum atomic E-state index is -2.56. The summed E-state index contributed by atoms with van der Waals surface area (Å²) >= 11 is 0. The molecule has 0 spiro atoms. The molecule has 2 nitrogen and oxygen atoms in total. The lowest BCUT2D eigenvalue weighted by molar-refractivity contribution is 0.0574. The molecule has 4 heteroatoms. The summed E-state index contributed by atoms with van der Waals surface area (Å²) in [4.78, 5) is 0. The van der Waals surface area contributed by atoms with Gasteiger partial charge in [-0.15, -0.1) is 0 Å². The molecule has 1 aromatic heterocycles. The van der Waals surface area contributed by atoms with Crippen molar-refractivity contribution in [1.82, 2.24) is 9.78 Å². The van der Waals surface area contributed by atoms with Crippen LogP contribution in [-0.2, 0) is 0 Å². The van der Waals surface area contributed by atoms with Gasteiger partial charge in [0.05, 0.1) is 5.52 Å². The third kappa shape index (κ3) is 1.39. The molecule has 0 unspecified atom stereocenters. The Morgan fingerprint density at radius 3 is 2.85 bits per heavy atom. The van der Waals surface area contributed by atoms with Crippen molar-refractivity contribution in [2.24, 2.45) is 0 Å². The molecule has 0 aliphatic rings. The SMILES string of the molecule is Cc1ccc2cn(C(F)F)nc2c1. The molecule has 2 aromatic rings. The fourth-order valence-electron chi connectivity index (χ4n) is 1.25. The van der Waals surface area contributed by atoms with E-state index in [1.165, 1.54) is 6.20 Å². The molecule has 0 aliphatic carbocycles. The van der Waals surface area contributed by atoms with Gasteiger partial charge in [0, 0.05) is 11.6 Å². The molecule has 0 radical (unpaired) electrons. The normalized spacial score (nSPS) is 11.4. The molecular weight excluding hydrogens is 174 g/mol. The molecule has 68 valence electrons. The van der Waals surface area contributed by atoms with E-state index < -0.39 is 6.55 Å². The van der Waals surface area contributed by atoms with Crippen LogP contribution in [0.1, 0.15) is 12.1 Å². The first-order chi connectivity index (χ1) is 6.16. The monoisotopic (exact) mass is 182 g/mol. The van der Waals surface area contributed by atoms with Gasteiger partial charge < -0.3 is 0 Å². The molecule has 0 N–H and O–H groups in total. The predicted molar refractivity (Wildman–Crippen MR) is 45.7 cm³/mol. The summed E-state index contributed by atoms with van der Waals surface area (Å²) in [6, 6.07) is 5.45. The Morgan fingerprint density at radius 2 is 2.15 bits per heavy atom. The Morgan fingerprint density at radius 1 is 1.38 bits per heavy atom. The molecule has 0 saturated heterocycles. The van der Waals surface area contributed by atoms with Gasteiger partial charge in [-0.05, 0) is 18.6 Å². The average molecular weight is 182 g/mol. The van der Waals surface area contributed by atoms with E-state index in [-0.39, 0.29) is 0 Å². The summed E-state index contributed by atoms with van der Waals surface area (Å²) in [5.74, 6) is 0. The number of aromatic nitrogens is 2. The fourth-order valence-corrected chi connectivity index (χ4v) is 1.25. The van der Waals surface area contributed by atoms with E-state index in [1.54, 1.807) is 12.1 Å². The van der Waals surface area contributed by atoms with Crippen LogP contribution in [-0.4, -0.2) is 9.78 Å². The third-order valence-electron chi connectivity index (χ3n) is 1.88. The highest BCUT2D eigenvalue weighted by atomic mass is 19.3. The van der Waals surface area contributed by atoms with Crippen molar-refractivity contribution in [2.75, 3.05) is 0 Å². The molecule has 0 aliphatic heterocycles. The first-order valence-corrected chi connectivity index (χ1v) is 3.90. The first kappa shape index (κ1) is 8.16. The van der Waals surface area contributed by atoms with Crippen molar-refractivity contribution in [3.63, 3.8) is 0 Å². The lowest BCUT2D eigenvalue weighted by Gasteiger charge is -1.94. The van der Waals surface area contributed by atoms with Gasteiger partial charge in [0.15, 0.2) is 0 Å². The van der Waals surface area contributed by atoms with Crippen molar-refractivity contribution in [3.8, 4) is 0 Å². The van der Waals surface area contributed by atoms with Crippen molar-refractivity contribution in [1.29, 1.82) is 0 Å². The molecule has 0 fully saturated rings. The maximum Gasteiger partial charge on any atom is 0.333 e. The molecular formula is C9H8F2N2. The van der Waals surface area contributed by atoms with Crippen LogP contribution < -0.4 is 0 Å². The Balaban J connectivity index is 2.62. The topological polar surface area (TPSA) is 17.8 Å². The van der Waals surface area contributed by atoms with Crippen LogP contribution in [0.5, 0.6) is 0 Å². The van der Waals surface area contributed by atoms with Gasteiger partial charge in [-0.1, -0.05) is 12.1 Å². The van der Waals surface area contributed by atoms with E-state index >= 15 is 0 Å². The van der Waals surface area contributed by atoms with E-state index in [1.807, 2.05) is 13.0 Å². The standard InChI is InChI=1S/C9H8F2N2/c1-6-2-3-7-5-13(9(10)11)12-8(7)4-6/h2-5,9H,1H3. The number of hydrogen-bond donors (Lipinski definition) is 0. The van der Waals surface area contributed by atoms with E-state index in [0.717, 1.165) is 10.9 Å². The van der Waals surface area contributed by atoms with Crippen molar-refractivity contribution < 1.29 is 8.78 Å². The van der Waals surface area contributed by atoms with E-state index in [2.05, 4.69) is 5.10 Å². The van der Waals surface area contributed by atoms with Gasteiger partial charge in [-0.2, -0.15) is 13.9 Å². The Bertz CT molecular complexity index is 434. The maximum atomic E-state index is 12.2. The van der Waals surface area contributed by atoms with Crippen LogP contribution in [0.25, 0.3) is 10.9 Å². The number of rotatable bonds is 1. The zero-order valence-electron chi connectivity index (χ0n) is 7.04. The summed E-state index contributed by atoms with van der Waals surface area (Å²) in [7, 11) is 0. The average Bonchev–Trinajstić information content (AvgIpc) is 2.46. The quantitative estimate of drug-likeness (QED) is 0.663. The van der Waals surface area contributed by atoms with Gasteiger partial charge in [-0.25, -0.2) is 4.68 Å². The highest BCUT2D eigenvalue weighted by Crippen LogP contribution is 2.17. The lowest BCUT2D eigenvalue weighted by Crippen LogP contribution is -1.96. The second-order valence-corrected chi connectivity index (χ2v) is 2.95. The van der Waals surface area contributed by atoms with Crippen LogP contribution in [0.3, 0.4) is 0 Å². The minimum Gasteiger partial charge on any atom is -0.210 e. The zero-order chi connectivity index (χ0) is 9.42. The van der Waals surface area contributed by atoms with Crippen LogP contribution in [0, 0.1) is 6.92 Å². The minimum absolute atomic E-state index is 0.611. The smallest absolute Gasteiger partial charge is 0.210 e. The van der Waals surface area contributed by atoms with Crippen LogP contribution in [0.2, 0.25) is 0 Å². The van der Waals surface area contributed by atoms with E-state index in [9.17, 15) is 8.78 Å². The van der Waals surface area contributed by atoms with Crippen LogP contribution in [0.4, 0.5) is 8.78 Å². The molecule has 0 atom stereocenters. The Labute approximate surface area is 73.8 Å². The van der Waals surface area contributed by atoms with Gasteiger partial charge >= 0.3 is 6.55 Å². The summed E-state index contributed by atoms with van der Waals surface area (Å²) in [5.41, 5.74) is 1.63. The Kier molecular flexibility index (Phi) is 1.76. The molecule has 1 heterocycles. The van der Waals surface area contributed by atoms with Crippen LogP contribution in [0.15, 0.2) is 24.4 Å². The van der Waals surface area contributed by atoms with Crippen molar-refractivity contribution in [2.45, 2.75) is 13.5 Å². The Hall–Kier alpha value is -1.45. The molecule has 0 amide bonds. The molecule has 1 aromatic carbocycles. The number of aryl methyl sites for hydroxylation is 1. The number of fused-ring (bicyclic) bond motifs is 1. The van der Waals surface area contributed by atoms with Crippen molar-refractivity contribution >= 4 is 10.9 Å². The van der Waals surface area contributed by atoms with Gasteiger partial charge in [0.2, 0.25) is 0 Å². The number of hydrogen-bond acceptors (Lipinski definition) is 1. The van der Waals surface area contributed by atoms with Crippen LogP contribution >= 0.6 is 0 Å². The molecule has 13 heavy (non-hydrogen) atoms. The molecule has 0 bridgehead atoms. The van der Waals surface area contributed by atoms with Gasteiger partial charge in [-0.3, -0.25) is 0 Å². The summed E-state index contributed by atoms with van der Waals surface area (Å²) in [5, 5.41) is 4.48. The van der Waals surface area contributed by atoms with Gasteiger partial charge in [0.1, 0.15) is 0 Å². The highest BCUT2D eigenvalue weighted by molar-refractivity contribution is 5.78. The number of nitrogens with zero attached hydrogens (tertiary/aromatic N) is 2. The number of halogens is 2. The second kappa shape index (κ2) is 2.80.